The van der Waals surface area contributed by atoms with E-state index in [0.717, 1.165) is 5.69 Å². The average molecular weight is 246 g/mol. The third-order valence-electron chi connectivity index (χ3n) is 1.36. The van der Waals surface area contributed by atoms with Gasteiger partial charge in [-0.3, -0.25) is 0 Å². The Kier molecular flexibility index (Phi) is 1.90. The molecule has 2 heterocycles. The van der Waals surface area contributed by atoms with Crippen molar-refractivity contribution in [2.75, 3.05) is 0 Å². The van der Waals surface area contributed by atoms with Crippen LogP contribution in [0.1, 0.15) is 0 Å². The minimum Gasteiger partial charge on any atom is -0.448 e. The Bertz CT molecular complexity index is 442. The van der Waals surface area contributed by atoms with Gasteiger partial charge in [-0.25, -0.2) is 0 Å². The Morgan fingerprint density at radius 3 is 2.75 bits per heavy atom. The summed E-state index contributed by atoms with van der Waals surface area (Å²) in [6.07, 6.45) is 1.52. The van der Waals surface area contributed by atoms with Gasteiger partial charge in [0, 0.05) is 0 Å². The zero-order chi connectivity index (χ0) is 8.55. The summed E-state index contributed by atoms with van der Waals surface area (Å²) >= 11 is 7.96. The molecule has 0 saturated carbocycles. The maximum Gasteiger partial charge on any atom is 0.266 e. The van der Waals surface area contributed by atoms with E-state index in [4.69, 9.17) is 21.1 Å². The third-order valence-corrected chi connectivity index (χ3v) is 1.98. The SMILES string of the molecule is S=c1[nH]c(-c2ccc(Br)o2)co1. The van der Waals surface area contributed by atoms with Crippen LogP contribution >= 0.6 is 28.1 Å². The molecule has 2 rings (SSSR count). The number of hydrogen-bond donors (Lipinski definition) is 1. The van der Waals surface area contributed by atoms with Crippen LogP contribution < -0.4 is 0 Å². The first-order valence-corrected chi connectivity index (χ1v) is 4.39. The highest BCUT2D eigenvalue weighted by molar-refractivity contribution is 9.10. The molecule has 0 fully saturated rings. The second-order valence-electron chi connectivity index (χ2n) is 2.17. The molecule has 5 heteroatoms. The van der Waals surface area contributed by atoms with Crippen LogP contribution in [0.2, 0.25) is 0 Å². The molecule has 2 aromatic heterocycles. The van der Waals surface area contributed by atoms with Gasteiger partial charge in [0.1, 0.15) is 12.0 Å². The molecule has 0 saturated heterocycles. The molecule has 0 amide bonds. The fraction of sp³-hybridized carbons (Fsp3) is 0. The number of rotatable bonds is 1. The van der Waals surface area contributed by atoms with E-state index in [1.165, 1.54) is 6.26 Å². The summed E-state index contributed by atoms with van der Waals surface area (Å²) in [6, 6.07) is 3.62. The topological polar surface area (TPSA) is 42.1 Å². The molecule has 0 aromatic carbocycles. The molecule has 2 aromatic rings. The molecule has 1 N–H and O–H groups in total. The monoisotopic (exact) mass is 245 g/mol. The molecule has 62 valence electrons. The fourth-order valence-corrected chi connectivity index (χ4v) is 1.32. The summed E-state index contributed by atoms with van der Waals surface area (Å²) in [6.45, 7) is 0. The Labute approximate surface area is 81.5 Å². The van der Waals surface area contributed by atoms with Crippen molar-refractivity contribution in [1.29, 1.82) is 0 Å². The second kappa shape index (κ2) is 2.91. The quantitative estimate of drug-likeness (QED) is 0.784. The molecule has 12 heavy (non-hydrogen) atoms. The van der Waals surface area contributed by atoms with Gasteiger partial charge in [-0.15, -0.1) is 0 Å². The molecule has 0 aliphatic rings. The summed E-state index contributed by atoms with van der Waals surface area (Å²) in [5.41, 5.74) is 0.741. The summed E-state index contributed by atoms with van der Waals surface area (Å²) in [5.74, 6) is 0.696. The molecule has 0 radical (unpaired) electrons. The minimum atomic E-state index is 0.345. The van der Waals surface area contributed by atoms with Gasteiger partial charge in [-0.2, -0.15) is 0 Å². The van der Waals surface area contributed by atoms with Crippen LogP contribution in [0.4, 0.5) is 0 Å². The molecule has 0 unspecified atom stereocenters. The zero-order valence-corrected chi connectivity index (χ0v) is 8.24. The lowest BCUT2D eigenvalue weighted by Crippen LogP contribution is -1.69. The van der Waals surface area contributed by atoms with E-state index < -0.39 is 0 Å². The van der Waals surface area contributed by atoms with E-state index in [1.54, 1.807) is 6.07 Å². The van der Waals surface area contributed by atoms with Crippen LogP contribution in [0.3, 0.4) is 0 Å². The first kappa shape index (κ1) is 7.82. The molecular weight excluding hydrogens is 242 g/mol. The first-order chi connectivity index (χ1) is 5.75. The van der Waals surface area contributed by atoms with Crippen LogP contribution in [-0.2, 0) is 0 Å². The van der Waals surface area contributed by atoms with Crippen molar-refractivity contribution in [3.8, 4) is 11.5 Å². The Hall–Kier alpha value is -0.810. The van der Waals surface area contributed by atoms with Gasteiger partial charge in [0.25, 0.3) is 4.84 Å². The zero-order valence-electron chi connectivity index (χ0n) is 5.83. The molecule has 0 atom stereocenters. The Morgan fingerprint density at radius 2 is 2.25 bits per heavy atom. The maximum absolute atomic E-state index is 5.26. The smallest absolute Gasteiger partial charge is 0.266 e. The lowest BCUT2D eigenvalue weighted by molar-refractivity contribution is 0.537. The first-order valence-electron chi connectivity index (χ1n) is 3.19. The number of furan rings is 1. The van der Waals surface area contributed by atoms with Crippen molar-refractivity contribution in [3.63, 3.8) is 0 Å². The second-order valence-corrected chi connectivity index (χ2v) is 3.32. The number of H-pyrrole nitrogens is 1. The minimum absolute atomic E-state index is 0.345. The van der Waals surface area contributed by atoms with Crippen LogP contribution in [0.25, 0.3) is 11.5 Å². The van der Waals surface area contributed by atoms with Gasteiger partial charge in [-0.1, -0.05) is 0 Å². The van der Waals surface area contributed by atoms with E-state index >= 15 is 0 Å². The Morgan fingerprint density at radius 1 is 1.42 bits per heavy atom. The summed E-state index contributed by atoms with van der Waals surface area (Å²) in [5, 5.41) is 0. The highest BCUT2D eigenvalue weighted by Crippen LogP contribution is 2.23. The number of nitrogens with one attached hydrogen (secondary N) is 1. The normalized spacial score (nSPS) is 10.4. The number of hydrogen-bond acceptors (Lipinski definition) is 3. The van der Waals surface area contributed by atoms with Crippen molar-refractivity contribution < 1.29 is 8.83 Å². The molecule has 0 bridgehead atoms. The van der Waals surface area contributed by atoms with E-state index in [-0.39, 0.29) is 0 Å². The predicted molar refractivity (Wildman–Crippen MR) is 49.3 cm³/mol. The van der Waals surface area contributed by atoms with Crippen LogP contribution in [0, 0.1) is 4.84 Å². The van der Waals surface area contributed by atoms with Gasteiger partial charge < -0.3 is 13.8 Å². The number of aromatic nitrogens is 1. The van der Waals surface area contributed by atoms with E-state index in [9.17, 15) is 0 Å². The van der Waals surface area contributed by atoms with Gasteiger partial charge in [0.2, 0.25) is 0 Å². The lowest BCUT2D eigenvalue weighted by Gasteiger charge is -1.85. The fourth-order valence-electron chi connectivity index (χ4n) is 0.860. The van der Waals surface area contributed by atoms with Crippen molar-refractivity contribution >= 4 is 28.1 Å². The molecular formula is C7H4BrNO2S. The number of oxazole rings is 1. The van der Waals surface area contributed by atoms with Crippen molar-refractivity contribution in [1.82, 2.24) is 4.98 Å². The van der Waals surface area contributed by atoms with Gasteiger partial charge in [0.05, 0.1) is 0 Å². The van der Waals surface area contributed by atoms with Crippen molar-refractivity contribution in [3.05, 3.63) is 27.9 Å². The molecule has 3 nitrogen and oxygen atoms in total. The van der Waals surface area contributed by atoms with Gasteiger partial charge >= 0.3 is 0 Å². The molecule has 0 spiro atoms. The van der Waals surface area contributed by atoms with Crippen LogP contribution in [-0.4, -0.2) is 4.98 Å². The third kappa shape index (κ3) is 1.37. The van der Waals surface area contributed by atoms with E-state index in [0.29, 0.717) is 15.3 Å². The predicted octanol–water partition coefficient (Wildman–Crippen LogP) is 3.36. The highest BCUT2D eigenvalue weighted by atomic mass is 79.9. The van der Waals surface area contributed by atoms with Crippen molar-refractivity contribution in [2.45, 2.75) is 0 Å². The van der Waals surface area contributed by atoms with E-state index in [2.05, 4.69) is 20.9 Å². The number of aromatic amines is 1. The van der Waals surface area contributed by atoms with Gasteiger partial charge in [0.15, 0.2) is 10.4 Å². The maximum atomic E-state index is 5.26. The average Bonchev–Trinajstić information content (AvgIpc) is 2.58. The van der Waals surface area contributed by atoms with Crippen LogP contribution in [0.15, 0.2) is 31.9 Å². The largest absolute Gasteiger partial charge is 0.448 e. The van der Waals surface area contributed by atoms with E-state index in [1.807, 2.05) is 6.07 Å². The molecule has 0 aliphatic carbocycles. The molecule has 0 aliphatic heterocycles. The Balaban J connectivity index is 2.50. The number of halogens is 1. The highest BCUT2D eigenvalue weighted by Gasteiger charge is 2.04. The summed E-state index contributed by atoms with van der Waals surface area (Å²) < 4.78 is 10.9. The summed E-state index contributed by atoms with van der Waals surface area (Å²) in [7, 11) is 0. The summed E-state index contributed by atoms with van der Waals surface area (Å²) in [4.78, 5) is 3.18. The van der Waals surface area contributed by atoms with Gasteiger partial charge in [-0.05, 0) is 40.3 Å². The standard InChI is InChI=1S/C7H4BrNO2S/c8-6-2-1-5(11-6)4-3-10-7(12)9-4/h1-3H,(H,9,12). The lowest BCUT2D eigenvalue weighted by atomic mass is 10.4. The van der Waals surface area contributed by atoms with Crippen molar-refractivity contribution in [2.24, 2.45) is 0 Å². The van der Waals surface area contributed by atoms with Crippen LogP contribution in [0.5, 0.6) is 0 Å².